The number of hydrogen-bond donors (Lipinski definition) is 0. The number of fused-ring (bicyclic) bond motifs is 4. The van der Waals surface area contributed by atoms with Crippen LogP contribution in [0, 0.1) is 0 Å². The zero-order valence-corrected chi connectivity index (χ0v) is 27.0. The van der Waals surface area contributed by atoms with Gasteiger partial charge in [0.05, 0.1) is 29.3 Å². The largest absolute Gasteiger partial charge is 0.462 e. The highest BCUT2D eigenvalue weighted by atomic mass is 35.5. The van der Waals surface area contributed by atoms with E-state index < -0.39 is 5.60 Å². The normalized spacial score (nSPS) is 23.8. The molecule has 234 valence electrons. The Labute approximate surface area is 265 Å². The van der Waals surface area contributed by atoms with Gasteiger partial charge in [-0.15, -0.1) is 0 Å². The average molecular weight is 619 g/mol. The van der Waals surface area contributed by atoms with Crippen LogP contribution in [0.4, 0.5) is 16.3 Å². The van der Waals surface area contributed by atoms with Crippen LogP contribution in [0.3, 0.4) is 0 Å². The lowest BCUT2D eigenvalue weighted by Gasteiger charge is -2.43. The molecule has 0 unspecified atom stereocenters. The monoisotopic (exact) mass is 618 g/mol. The number of hydrogen-bond acceptors (Lipinski definition) is 8. The van der Waals surface area contributed by atoms with Gasteiger partial charge in [0.15, 0.2) is 0 Å². The van der Waals surface area contributed by atoms with Crippen molar-refractivity contribution < 1.29 is 14.3 Å². The number of likely N-dealkylation sites (N-methyl/N-ethyl adjacent to an activating group) is 1. The Hall–Kier alpha value is -3.30. The first-order valence-electron chi connectivity index (χ1n) is 16.1. The molecule has 0 saturated carbocycles. The first-order chi connectivity index (χ1) is 21.1. The maximum atomic E-state index is 13.2. The number of amides is 1. The molecule has 2 bridgehead atoms. The van der Waals surface area contributed by atoms with E-state index in [-0.39, 0.29) is 18.2 Å². The van der Waals surface area contributed by atoms with Gasteiger partial charge in [-0.2, -0.15) is 9.97 Å². The van der Waals surface area contributed by atoms with E-state index in [0.717, 1.165) is 84.9 Å². The van der Waals surface area contributed by atoms with Crippen LogP contribution in [0.25, 0.3) is 10.8 Å². The van der Waals surface area contributed by atoms with Crippen LogP contribution in [0.15, 0.2) is 36.4 Å². The minimum absolute atomic E-state index is 0.101. The van der Waals surface area contributed by atoms with E-state index in [1.54, 1.807) is 0 Å². The molecule has 5 heterocycles. The van der Waals surface area contributed by atoms with Gasteiger partial charge in [-0.3, -0.25) is 4.90 Å². The number of aromatic nitrogens is 2. The van der Waals surface area contributed by atoms with E-state index in [2.05, 4.69) is 46.0 Å². The Kier molecular flexibility index (Phi) is 7.73. The zero-order chi connectivity index (χ0) is 30.6. The van der Waals surface area contributed by atoms with Gasteiger partial charge in [0, 0.05) is 42.3 Å². The smallest absolute Gasteiger partial charge is 0.410 e. The second kappa shape index (κ2) is 11.6. The number of piperazine rings is 1. The Morgan fingerprint density at radius 2 is 1.75 bits per heavy atom. The fourth-order valence-corrected chi connectivity index (χ4v) is 7.79. The van der Waals surface area contributed by atoms with Crippen molar-refractivity contribution in [2.75, 3.05) is 49.6 Å². The van der Waals surface area contributed by atoms with Crippen molar-refractivity contribution in [3.05, 3.63) is 52.7 Å². The van der Waals surface area contributed by atoms with Crippen LogP contribution in [0.1, 0.15) is 57.7 Å². The van der Waals surface area contributed by atoms with E-state index in [1.165, 1.54) is 12.0 Å². The number of nitrogens with zero attached hydrogens (tertiary/aromatic N) is 6. The SMILES string of the molecule is CN1CCC[C@H]1COc1nc2c(c(N3C[C@H]4CC[C@@H](C3)N4C(=O)OC(C)(C)C)n1)CCN(c1cccc3cccc(Cl)c13)C2. The highest BCUT2D eigenvalue weighted by molar-refractivity contribution is 6.36. The van der Waals surface area contributed by atoms with Crippen LogP contribution >= 0.6 is 11.6 Å². The second-order valence-electron chi connectivity index (χ2n) is 13.8. The third kappa shape index (κ3) is 5.65. The number of anilines is 2. The molecule has 3 atom stereocenters. The average Bonchev–Trinajstić information content (AvgIpc) is 3.52. The topological polar surface area (TPSA) is 74.3 Å². The number of ether oxygens (including phenoxy) is 2. The Bertz CT molecular complexity index is 1540. The van der Waals surface area contributed by atoms with Crippen molar-refractivity contribution in [1.82, 2.24) is 19.8 Å². The minimum atomic E-state index is -0.515. The molecule has 44 heavy (non-hydrogen) atoms. The predicted octanol–water partition coefficient (Wildman–Crippen LogP) is 5.91. The third-order valence-electron chi connectivity index (χ3n) is 9.66. The Balaban J connectivity index is 1.20. The van der Waals surface area contributed by atoms with Gasteiger partial charge >= 0.3 is 12.1 Å². The van der Waals surface area contributed by atoms with Gasteiger partial charge in [0.2, 0.25) is 0 Å². The van der Waals surface area contributed by atoms with Gasteiger partial charge in [0.1, 0.15) is 18.0 Å². The summed E-state index contributed by atoms with van der Waals surface area (Å²) in [5, 5.41) is 2.97. The van der Waals surface area contributed by atoms with Gasteiger partial charge in [0.25, 0.3) is 0 Å². The van der Waals surface area contributed by atoms with E-state index in [1.807, 2.05) is 37.8 Å². The molecule has 2 aromatic carbocycles. The minimum Gasteiger partial charge on any atom is -0.462 e. The maximum Gasteiger partial charge on any atom is 0.410 e. The predicted molar refractivity (Wildman–Crippen MR) is 174 cm³/mol. The molecule has 1 amide bonds. The molecule has 0 spiro atoms. The molecule has 10 heteroatoms. The number of carbonyl (C=O) groups is 1. The fourth-order valence-electron chi connectivity index (χ4n) is 7.51. The summed E-state index contributed by atoms with van der Waals surface area (Å²) in [5.41, 5.74) is 2.79. The summed E-state index contributed by atoms with van der Waals surface area (Å²) < 4.78 is 12.2. The number of carbonyl (C=O) groups excluding carboxylic acids is 1. The highest BCUT2D eigenvalue weighted by Crippen LogP contribution is 2.39. The molecule has 9 nitrogen and oxygen atoms in total. The Morgan fingerprint density at radius 1 is 1.00 bits per heavy atom. The van der Waals surface area contributed by atoms with E-state index >= 15 is 0 Å². The summed E-state index contributed by atoms with van der Waals surface area (Å²) in [5.74, 6) is 0.959. The maximum absolute atomic E-state index is 13.2. The molecule has 0 aliphatic carbocycles. The first kappa shape index (κ1) is 29.4. The molecule has 1 aromatic heterocycles. The number of benzene rings is 2. The van der Waals surface area contributed by atoms with E-state index in [4.69, 9.17) is 31.0 Å². The summed E-state index contributed by atoms with van der Waals surface area (Å²) in [6.07, 6.45) is 4.87. The molecule has 3 aromatic rings. The lowest BCUT2D eigenvalue weighted by atomic mass is 10.0. The zero-order valence-electron chi connectivity index (χ0n) is 26.3. The van der Waals surface area contributed by atoms with Gasteiger partial charge in [-0.25, -0.2) is 4.79 Å². The summed E-state index contributed by atoms with van der Waals surface area (Å²) in [4.78, 5) is 32.4. The van der Waals surface area contributed by atoms with Crippen molar-refractivity contribution in [1.29, 1.82) is 0 Å². The van der Waals surface area contributed by atoms with Gasteiger partial charge < -0.3 is 24.2 Å². The highest BCUT2D eigenvalue weighted by Gasteiger charge is 2.45. The van der Waals surface area contributed by atoms with Gasteiger partial charge in [-0.05, 0) is 84.0 Å². The van der Waals surface area contributed by atoms with Crippen molar-refractivity contribution in [3.8, 4) is 6.01 Å². The summed E-state index contributed by atoms with van der Waals surface area (Å²) >= 11 is 6.73. The van der Waals surface area contributed by atoms with Crippen molar-refractivity contribution in [2.45, 2.75) is 83.1 Å². The molecule has 4 aliphatic rings. The van der Waals surface area contributed by atoms with Crippen molar-refractivity contribution in [2.24, 2.45) is 0 Å². The van der Waals surface area contributed by atoms with Crippen LogP contribution in [-0.2, 0) is 17.7 Å². The fraction of sp³-hybridized carbons (Fsp3) is 0.559. The van der Waals surface area contributed by atoms with Crippen LogP contribution in [0.2, 0.25) is 5.02 Å². The van der Waals surface area contributed by atoms with Crippen LogP contribution in [0.5, 0.6) is 6.01 Å². The first-order valence-corrected chi connectivity index (χ1v) is 16.4. The van der Waals surface area contributed by atoms with E-state index in [9.17, 15) is 4.79 Å². The molecule has 0 N–H and O–H groups in total. The number of likely N-dealkylation sites (tertiary alicyclic amines) is 1. The van der Waals surface area contributed by atoms with Gasteiger partial charge in [-0.1, -0.05) is 35.9 Å². The third-order valence-corrected chi connectivity index (χ3v) is 9.97. The lowest BCUT2D eigenvalue weighted by molar-refractivity contribution is 0.0122. The molecule has 3 fully saturated rings. The van der Waals surface area contributed by atoms with Crippen molar-refractivity contribution >= 4 is 40.0 Å². The van der Waals surface area contributed by atoms with Crippen LogP contribution in [-0.4, -0.2) is 89.4 Å². The second-order valence-corrected chi connectivity index (χ2v) is 14.2. The summed E-state index contributed by atoms with van der Waals surface area (Å²) in [6.45, 7) is 10.4. The number of halogens is 1. The van der Waals surface area contributed by atoms with Crippen LogP contribution < -0.4 is 14.5 Å². The summed E-state index contributed by atoms with van der Waals surface area (Å²) in [6, 6.07) is 13.5. The van der Waals surface area contributed by atoms with Crippen molar-refractivity contribution in [3.63, 3.8) is 0 Å². The molecule has 0 radical (unpaired) electrons. The molecule has 4 aliphatic heterocycles. The molecular formula is C34H43ClN6O3. The standard InChI is InChI=1S/C34H43ClN6O3/c1-34(2,3)44-33(42)41-23-13-14-24(41)19-40(18-23)31-26-15-17-39(29-12-6-9-22-8-5-11-27(35)30(22)29)20-28(26)36-32(37-31)43-21-25-10-7-16-38(25)4/h5-6,8-9,11-12,23-25H,7,10,13-21H2,1-4H3/t23-,24+,25-/m0/s1. The summed E-state index contributed by atoms with van der Waals surface area (Å²) in [7, 11) is 2.16. The number of rotatable bonds is 5. The molecule has 3 saturated heterocycles. The lowest BCUT2D eigenvalue weighted by Crippen LogP contribution is -2.57. The molecule has 7 rings (SSSR count). The molecular weight excluding hydrogens is 576 g/mol. The Morgan fingerprint density at radius 3 is 2.45 bits per heavy atom. The quantitative estimate of drug-likeness (QED) is 0.350. The van der Waals surface area contributed by atoms with E-state index in [0.29, 0.717) is 25.2 Å².